The smallest absolute Gasteiger partial charge is 0.255 e. The average Bonchev–Trinajstić information content (AvgIpc) is 3.01. The highest BCUT2D eigenvalue weighted by Gasteiger charge is 2.23. The quantitative estimate of drug-likeness (QED) is 0.874. The van der Waals surface area contributed by atoms with Crippen LogP contribution in [0.5, 0.6) is 0 Å². The van der Waals surface area contributed by atoms with Gasteiger partial charge in [0.1, 0.15) is 0 Å². The third kappa shape index (κ3) is 3.83. The predicted octanol–water partition coefficient (Wildman–Crippen LogP) is 4.26. The van der Waals surface area contributed by atoms with Crippen LogP contribution in [0, 0.1) is 20.8 Å². The van der Waals surface area contributed by atoms with Gasteiger partial charge in [0, 0.05) is 23.0 Å². The summed E-state index contributed by atoms with van der Waals surface area (Å²) in [4.78, 5) is 28.1. The van der Waals surface area contributed by atoms with E-state index in [9.17, 15) is 9.59 Å². The Kier molecular flexibility index (Phi) is 5.47. The summed E-state index contributed by atoms with van der Waals surface area (Å²) in [7, 11) is 1.70. The molecule has 0 saturated carbocycles. The summed E-state index contributed by atoms with van der Waals surface area (Å²) >= 11 is 1.68. The predicted molar refractivity (Wildman–Crippen MR) is 107 cm³/mol. The Hall–Kier alpha value is -2.14. The number of aryl methyl sites for hydroxylation is 4. The maximum atomic E-state index is 12.8. The van der Waals surface area contributed by atoms with Gasteiger partial charge in [-0.15, -0.1) is 11.3 Å². The number of carbonyl (C=O) groups excluding carboxylic acids is 2. The summed E-state index contributed by atoms with van der Waals surface area (Å²) in [6.45, 7) is 6.07. The molecule has 26 heavy (non-hydrogen) atoms. The fourth-order valence-electron chi connectivity index (χ4n) is 3.72. The minimum Gasteiger partial charge on any atom is -0.332 e. The van der Waals surface area contributed by atoms with Gasteiger partial charge in [-0.05, 0) is 63.1 Å². The first-order valence-electron chi connectivity index (χ1n) is 9.09. The molecule has 0 unspecified atom stereocenters. The Morgan fingerprint density at radius 3 is 2.46 bits per heavy atom. The number of fused-ring (bicyclic) bond motifs is 1. The molecule has 1 aromatic heterocycles. The number of nitrogens with zero attached hydrogens (tertiary/aromatic N) is 1. The third-order valence-electron chi connectivity index (χ3n) is 4.96. The Labute approximate surface area is 159 Å². The van der Waals surface area contributed by atoms with Crippen molar-refractivity contribution in [3.8, 4) is 0 Å². The summed E-state index contributed by atoms with van der Waals surface area (Å²) in [6, 6.07) is 4.10. The lowest BCUT2D eigenvalue weighted by atomic mass is 9.95. The van der Waals surface area contributed by atoms with E-state index in [1.807, 2.05) is 26.2 Å². The SMILES string of the molecule is Cc1cc(C)c(NC(=O)CN(C)C(=O)c2csc3c2CCCC3)c(C)c1. The van der Waals surface area contributed by atoms with Crippen molar-refractivity contribution in [3.05, 3.63) is 50.2 Å². The molecule has 1 aromatic carbocycles. The summed E-state index contributed by atoms with van der Waals surface area (Å²) in [5, 5.41) is 4.93. The first-order chi connectivity index (χ1) is 12.4. The minimum absolute atomic E-state index is 0.0518. The second kappa shape index (κ2) is 7.62. The molecular weight excluding hydrogens is 344 g/mol. The van der Waals surface area contributed by atoms with Gasteiger partial charge in [-0.2, -0.15) is 0 Å². The van der Waals surface area contributed by atoms with E-state index in [2.05, 4.69) is 17.4 Å². The lowest BCUT2D eigenvalue weighted by Crippen LogP contribution is -2.35. The van der Waals surface area contributed by atoms with E-state index in [0.29, 0.717) is 0 Å². The topological polar surface area (TPSA) is 49.4 Å². The molecule has 3 rings (SSSR count). The average molecular weight is 371 g/mol. The molecule has 0 fully saturated rings. The van der Waals surface area contributed by atoms with E-state index in [1.54, 1.807) is 18.4 Å². The molecule has 1 N–H and O–H groups in total. The molecule has 0 atom stereocenters. The molecular formula is C21H26N2O2S. The van der Waals surface area contributed by atoms with Crippen LogP contribution in [-0.2, 0) is 17.6 Å². The number of nitrogens with one attached hydrogen (secondary N) is 1. The van der Waals surface area contributed by atoms with Crippen molar-refractivity contribution in [2.45, 2.75) is 46.5 Å². The minimum atomic E-state index is -0.167. The van der Waals surface area contributed by atoms with E-state index < -0.39 is 0 Å². The zero-order valence-corrected chi connectivity index (χ0v) is 16.8. The number of amides is 2. The lowest BCUT2D eigenvalue weighted by Gasteiger charge is -2.20. The molecule has 0 saturated heterocycles. The summed E-state index contributed by atoms with van der Waals surface area (Å²) < 4.78 is 0. The van der Waals surface area contributed by atoms with Crippen LogP contribution in [0.25, 0.3) is 0 Å². The maximum absolute atomic E-state index is 12.8. The molecule has 1 aliphatic carbocycles. The number of carbonyl (C=O) groups is 2. The molecule has 2 aromatic rings. The number of thiophene rings is 1. The molecule has 5 heteroatoms. The van der Waals surface area contributed by atoms with Crippen LogP contribution in [0.3, 0.4) is 0 Å². The van der Waals surface area contributed by atoms with Crippen molar-refractivity contribution in [1.82, 2.24) is 4.90 Å². The standard InChI is InChI=1S/C21H26N2O2S/c1-13-9-14(2)20(15(3)10-13)22-19(24)11-23(4)21(25)17-12-26-18-8-6-5-7-16(17)18/h9-10,12H,5-8,11H2,1-4H3,(H,22,24). The van der Waals surface area contributed by atoms with Gasteiger partial charge in [0.15, 0.2) is 0 Å². The van der Waals surface area contributed by atoms with Gasteiger partial charge in [-0.25, -0.2) is 0 Å². The van der Waals surface area contributed by atoms with Crippen molar-refractivity contribution in [2.75, 3.05) is 18.9 Å². The lowest BCUT2D eigenvalue weighted by molar-refractivity contribution is -0.116. The van der Waals surface area contributed by atoms with Gasteiger partial charge in [-0.3, -0.25) is 9.59 Å². The van der Waals surface area contributed by atoms with Crippen molar-refractivity contribution < 1.29 is 9.59 Å². The largest absolute Gasteiger partial charge is 0.332 e. The highest BCUT2D eigenvalue weighted by Crippen LogP contribution is 2.30. The Morgan fingerprint density at radius 2 is 1.77 bits per heavy atom. The van der Waals surface area contributed by atoms with Crippen LogP contribution < -0.4 is 5.32 Å². The van der Waals surface area contributed by atoms with E-state index in [-0.39, 0.29) is 18.4 Å². The zero-order chi connectivity index (χ0) is 18.8. The van der Waals surface area contributed by atoms with Crippen LogP contribution >= 0.6 is 11.3 Å². The van der Waals surface area contributed by atoms with Crippen LogP contribution in [0.2, 0.25) is 0 Å². The fraction of sp³-hybridized carbons (Fsp3) is 0.429. The second-order valence-corrected chi connectivity index (χ2v) is 8.21. The Bertz CT molecular complexity index is 831. The fourth-order valence-corrected chi connectivity index (χ4v) is 4.84. The van der Waals surface area contributed by atoms with Crippen molar-refractivity contribution >= 4 is 28.8 Å². The molecule has 0 bridgehead atoms. The van der Waals surface area contributed by atoms with Crippen molar-refractivity contribution in [3.63, 3.8) is 0 Å². The molecule has 138 valence electrons. The summed E-state index contributed by atoms with van der Waals surface area (Å²) in [6.07, 6.45) is 4.39. The highest BCUT2D eigenvalue weighted by molar-refractivity contribution is 7.10. The number of hydrogen-bond acceptors (Lipinski definition) is 3. The van der Waals surface area contributed by atoms with Gasteiger partial charge in [0.2, 0.25) is 5.91 Å². The number of benzene rings is 1. The summed E-state index contributed by atoms with van der Waals surface area (Å²) in [5.41, 5.74) is 6.07. The van der Waals surface area contributed by atoms with E-state index >= 15 is 0 Å². The van der Waals surface area contributed by atoms with Crippen LogP contribution in [0.15, 0.2) is 17.5 Å². The number of likely N-dealkylation sites (N-methyl/N-ethyl adjacent to an activating group) is 1. The monoisotopic (exact) mass is 370 g/mol. The first kappa shape index (κ1) is 18.6. The zero-order valence-electron chi connectivity index (χ0n) is 15.9. The van der Waals surface area contributed by atoms with Crippen molar-refractivity contribution in [1.29, 1.82) is 0 Å². The molecule has 2 amide bonds. The molecule has 1 aliphatic rings. The van der Waals surface area contributed by atoms with E-state index in [4.69, 9.17) is 0 Å². The molecule has 4 nitrogen and oxygen atoms in total. The summed E-state index contributed by atoms with van der Waals surface area (Å²) in [5.74, 6) is -0.225. The third-order valence-corrected chi connectivity index (χ3v) is 6.05. The maximum Gasteiger partial charge on any atom is 0.255 e. The number of rotatable bonds is 4. The Balaban J connectivity index is 1.68. The normalized spacial score (nSPS) is 13.2. The van der Waals surface area contributed by atoms with Gasteiger partial charge < -0.3 is 10.2 Å². The Morgan fingerprint density at radius 1 is 1.12 bits per heavy atom. The number of hydrogen-bond donors (Lipinski definition) is 1. The van der Waals surface area contributed by atoms with E-state index in [0.717, 1.165) is 41.6 Å². The second-order valence-electron chi connectivity index (χ2n) is 7.24. The highest BCUT2D eigenvalue weighted by atomic mass is 32.1. The number of anilines is 1. The molecule has 0 aliphatic heterocycles. The van der Waals surface area contributed by atoms with Crippen LogP contribution in [0.4, 0.5) is 5.69 Å². The van der Waals surface area contributed by atoms with Gasteiger partial charge in [0.05, 0.1) is 12.1 Å². The molecule has 1 heterocycles. The van der Waals surface area contributed by atoms with Crippen LogP contribution in [-0.4, -0.2) is 30.3 Å². The van der Waals surface area contributed by atoms with Gasteiger partial charge >= 0.3 is 0 Å². The molecule has 0 radical (unpaired) electrons. The van der Waals surface area contributed by atoms with Gasteiger partial charge in [-0.1, -0.05) is 17.7 Å². The first-order valence-corrected chi connectivity index (χ1v) is 9.97. The van der Waals surface area contributed by atoms with Crippen molar-refractivity contribution in [2.24, 2.45) is 0 Å². The van der Waals surface area contributed by atoms with E-state index in [1.165, 1.54) is 27.3 Å². The van der Waals surface area contributed by atoms with Gasteiger partial charge in [0.25, 0.3) is 5.91 Å². The van der Waals surface area contributed by atoms with Crippen LogP contribution in [0.1, 0.15) is 50.3 Å². The molecule has 0 spiro atoms.